The van der Waals surface area contributed by atoms with E-state index >= 15 is 0 Å². The van der Waals surface area contributed by atoms with Crippen LogP contribution in [0.5, 0.6) is 0 Å². The van der Waals surface area contributed by atoms with Crippen LogP contribution in [-0.4, -0.2) is 15.9 Å². The van der Waals surface area contributed by atoms with Crippen molar-refractivity contribution < 1.29 is 4.79 Å². The number of nitrogens with zero attached hydrogens (tertiary/aromatic N) is 3. The Morgan fingerprint density at radius 2 is 2.00 bits per heavy atom. The Kier molecular flexibility index (Phi) is 2.72. The predicted octanol–water partition coefficient (Wildman–Crippen LogP) is 2.22. The first-order chi connectivity index (χ1) is 8.75. The van der Waals surface area contributed by atoms with Gasteiger partial charge in [0.1, 0.15) is 17.3 Å². The molecule has 0 fully saturated rings. The van der Waals surface area contributed by atoms with Crippen LogP contribution >= 0.6 is 11.6 Å². The van der Waals surface area contributed by atoms with Crippen molar-refractivity contribution in [3.05, 3.63) is 52.9 Å². The average molecular weight is 260 g/mol. The van der Waals surface area contributed by atoms with Crippen LogP contribution in [0.1, 0.15) is 11.1 Å². The average Bonchev–Trinajstić information content (AvgIpc) is 2.70. The maximum absolute atomic E-state index is 12.0. The normalized spacial score (nSPS) is 13.8. The maximum atomic E-state index is 12.0. The molecular weight excluding hydrogens is 250 g/mol. The van der Waals surface area contributed by atoms with E-state index in [2.05, 4.69) is 9.97 Å². The number of fused-ring (bicyclic) bond motifs is 1. The van der Waals surface area contributed by atoms with Gasteiger partial charge in [-0.15, -0.1) is 0 Å². The number of anilines is 1. The van der Waals surface area contributed by atoms with Crippen LogP contribution in [0.4, 0.5) is 5.82 Å². The molecule has 0 unspecified atom stereocenters. The standard InChI is InChI=1S/C13H10ClN3O/c14-12-10-6-11(18)17(13(10)16-8-15-12)7-9-4-2-1-3-5-9/h1-5,8H,6-7H2. The highest BCUT2D eigenvalue weighted by molar-refractivity contribution is 6.31. The number of benzene rings is 1. The predicted molar refractivity (Wildman–Crippen MR) is 68.4 cm³/mol. The van der Waals surface area contributed by atoms with Gasteiger partial charge in [0.2, 0.25) is 5.91 Å². The molecule has 3 rings (SSSR count). The summed E-state index contributed by atoms with van der Waals surface area (Å²) in [5, 5.41) is 0.365. The van der Waals surface area contributed by atoms with Gasteiger partial charge in [0.05, 0.1) is 13.0 Å². The minimum absolute atomic E-state index is 0.0104. The van der Waals surface area contributed by atoms with Crippen LogP contribution in [0.15, 0.2) is 36.7 Å². The van der Waals surface area contributed by atoms with Crippen molar-refractivity contribution in [3.63, 3.8) is 0 Å². The minimum atomic E-state index is 0.0104. The Morgan fingerprint density at radius 1 is 1.22 bits per heavy atom. The maximum Gasteiger partial charge on any atom is 0.233 e. The van der Waals surface area contributed by atoms with Crippen molar-refractivity contribution in [2.45, 2.75) is 13.0 Å². The first kappa shape index (κ1) is 11.2. The fraction of sp³-hybridized carbons (Fsp3) is 0.154. The summed E-state index contributed by atoms with van der Waals surface area (Å²) < 4.78 is 0. The van der Waals surface area contributed by atoms with Crippen molar-refractivity contribution >= 4 is 23.3 Å². The van der Waals surface area contributed by atoms with E-state index in [0.29, 0.717) is 17.5 Å². The van der Waals surface area contributed by atoms with Crippen LogP contribution < -0.4 is 4.90 Å². The Labute approximate surface area is 109 Å². The first-order valence-corrected chi connectivity index (χ1v) is 5.97. The zero-order valence-corrected chi connectivity index (χ0v) is 10.3. The third-order valence-electron chi connectivity index (χ3n) is 2.94. The fourth-order valence-electron chi connectivity index (χ4n) is 2.06. The zero-order chi connectivity index (χ0) is 12.5. The number of rotatable bonds is 2. The molecule has 0 radical (unpaired) electrons. The van der Waals surface area contributed by atoms with Crippen LogP contribution in [0.25, 0.3) is 0 Å². The highest BCUT2D eigenvalue weighted by Crippen LogP contribution is 2.31. The Balaban J connectivity index is 1.95. The molecule has 1 aliphatic heterocycles. The Hall–Kier alpha value is -1.94. The zero-order valence-electron chi connectivity index (χ0n) is 9.51. The number of aromatic nitrogens is 2. The number of carbonyl (C=O) groups is 1. The molecule has 5 heteroatoms. The van der Waals surface area contributed by atoms with Gasteiger partial charge in [-0.25, -0.2) is 9.97 Å². The lowest BCUT2D eigenvalue weighted by atomic mass is 10.2. The molecule has 1 aromatic carbocycles. The molecule has 2 aromatic rings. The van der Waals surface area contributed by atoms with Gasteiger partial charge in [-0.3, -0.25) is 9.69 Å². The van der Waals surface area contributed by atoms with Gasteiger partial charge in [-0.1, -0.05) is 41.9 Å². The van der Waals surface area contributed by atoms with Crippen LogP contribution in [0.2, 0.25) is 5.15 Å². The van der Waals surface area contributed by atoms with E-state index in [1.54, 1.807) is 4.90 Å². The smallest absolute Gasteiger partial charge is 0.233 e. The molecule has 1 aromatic heterocycles. The molecule has 1 amide bonds. The van der Waals surface area contributed by atoms with E-state index in [1.165, 1.54) is 6.33 Å². The lowest BCUT2D eigenvalue weighted by Gasteiger charge is -2.16. The number of hydrogen-bond donors (Lipinski definition) is 0. The molecule has 0 saturated heterocycles. The molecule has 2 heterocycles. The van der Waals surface area contributed by atoms with Crippen molar-refractivity contribution in [1.82, 2.24) is 9.97 Å². The summed E-state index contributed by atoms with van der Waals surface area (Å²) in [5.74, 6) is 0.639. The number of amides is 1. The van der Waals surface area contributed by atoms with Gasteiger partial charge >= 0.3 is 0 Å². The van der Waals surface area contributed by atoms with Gasteiger partial charge in [-0.2, -0.15) is 0 Å². The van der Waals surface area contributed by atoms with E-state index in [4.69, 9.17) is 11.6 Å². The summed E-state index contributed by atoms with van der Waals surface area (Å²) in [5.41, 5.74) is 1.79. The van der Waals surface area contributed by atoms with Gasteiger partial charge in [0.25, 0.3) is 0 Å². The molecule has 0 N–H and O–H groups in total. The van der Waals surface area contributed by atoms with E-state index in [-0.39, 0.29) is 12.3 Å². The number of halogens is 1. The highest BCUT2D eigenvalue weighted by Gasteiger charge is 2.30. The van der Waals surface area contributed by atoms with E-state index < -0.39 is 0 Å². The largest absolute Gasteiger partial charge is 0.292 e. The van der Waals surface area contributed by atoms with Gasteiger partial charge in [0, 0.05) is 5.56 Å². The molecule has 0 atom stereocenters. The Bertz CT molecular complexity index is 600. The molecule has 4 nitrogen and oxygen atoms in total. The third kappa shape index (κ3) is 1.84. The summed E-state index contributed by atoms with van der Waals surface area (Å²) in [7, 11) is 0. The molecule has 0 saturated carbocycles. The van der Waals surface area contributed by atoms with Gasteiger partial charge in [0.15, 0.2) is 0 Å². The molecule has 0 bridgehead atoms. The van der Waals surface area contributed by atoms with E-state index in [9.17, 15) is 4.79 Å². The molecule has 18 heavy (non-hydrogen) atoms. The summed E-state index contributed by atoms with van der Waals surface area (Å²) in [6.45, 7) is 0.514. The Morgan fingerprint density at radius 3 is 2.78 bits per heavy atom. The second-order valence-corrected chi connectivity index (χ2v) is 4.47. The van der Waals surface area contributed by atoms with E-state index in [1.807, 2.05) is 30.3 Å². The summed E-state index contributed by atoms with van der Waals surface area (Å²) in [6.07, 6.45) is 1.67. The van der Waals surface area contributed by atoms with Gasteiger partial charge < -0.3 is 0 Å². The minimum Gasteiger partial charge on any atom is -0.292 e. The van der Waals surface area contributed by atoms with Crippen molar-refractivity contribution in [2.24, 2.45) is 0 Å². The summed E-state index contributed by atoms with van der Waals surface area (Å²) in [6, 6.07) is 9.80. The van der Waals surface area contributed by atoms with Crippen LogP contribution in [0.3, 0.4) is 0 Å². The lowest BCUT2D eigenvalue weighted by molar-refractivity contribution is -0.117. The topological polar surface area (TPSA) is 46.1 Å². The van der Waals surface area contributed by atoms with Crippen molar-refractivity contribution in [3.8, 4) is 0 Å². The SMILES string of the molecule is O=C1Cc2c(Cl)ncnc2N1Cc1ccccc1. The fourth-order valence-corrected chi connectivity index (χ4v) is 2.26. The molecule has 0 aliphatic carbocycles. The van der Waals surface area contributed by atoms with Crippen molar-refractivity contribution in [1.29, 1.82) is 0 Å². The molecule has 90 valence electrons. The summed E-state index contributed by atoms with van der Waals surface area (Å²) in [4.78, 5) is 21.7. The highest BCUT2D eigenvalue weighted by atomic mass is 35.5. The lowest BCUT2D eigenvalue weighted by Crippen LogP contribution is -2.26. The quantitative estimate of drug-likeness (QED) is 0.777. The van der Waals surface area contributed by atoms with Gasteiger partial charge in [-0.05, 0) is 5.56 Å². The summed E-state index contributed by atoms with van der Waals surface area (Å²) >= 11 is 5.97. The first-order valence-electron chi connectivity index (χ1n) is 5.59. The second kappa shape index (κ2) is 4.38. The second-order valence-electron chi connectivity index (χ2n) is 4.11. The monoisotopic (exact) mass is 259 g/mol. The van der Waals surface area contributed by atoms with Crippen molar-refractivity contribution in [2.75, 3.05) is 4.90 Å². The van der Waals surface area contributed by atoms with E-state index in [0.717, 1.165) is 11.1 Å². The molecule has 1 aliphatic rings. The molecule has 0 spiro atoms. The number of carbonyl (C=O) groups excluding carboxylic acids is 1. The van der Waals surface area contributed by atoms with Crippen LogP contribution in [-0.2, 0) is 17.8 Å². The molecular formula is C13H10ClN3O. The third-order valence-corrected chi connectivity index (χ3v) is 3.26. The number of hydrogen-bond acceptors (Lipinski definition) is 3. The van der Waals surface area contributed by atoms with Crippen LogP contribution in [0, 0.1) is 0 Å².